The number of aryl methyl sites for hydroxylation is 2. The van der Waals surface area contributed by atoms with Crippen LogP contribution in [-0.4, -0.2) is 39.5 Å². The maximum absolute atomic E-state index is 12.2. The molecule has 0 fully saturated rings. The second-order valence-corrected chi connectivity index (χ2v) is 6.90. The van der Waals surface area contributed by atoms with Crippen molar-refractivity contribution in [1.29, 1.82) is 0 Å². The summed E-state index contributed by atoms with van der Waals surface area (Å²) in [7, 11) is -4.04. The van der Waals surface area contributed by atoms with Gasteiger partial charge in [0.2, 0.25) is 0 Å². The molecule has 0 atom stereocenters. The highest BCUT2D eigenvalue weighted by molar-refractivity contribution is 7.98. The van der Waals surface area contributed by atoms with Gasteiger partial charge in [-0.1, -0.05) is 11.8 Å². The molecule has 21 heavy (non-hydrogen) atoms. The number of pyridine rings is 1. The molecule has 0 unspecified atom stereocenters. The highest BCUT2D eigenvalue weighted by Crippen LogP contribution is 2.15. The van der Waals surface area contributed by atoms with Gasteiger partial charge in [0, 0.05) is 23.7 Å². The molecular formula is C12H15N3O4S2. The largest absolute Gasteiger partial charge is 0.292 e. The van der Waals surface area contributed by atoms with Crippen molar-refractivity contribution in [2.45, 2.75) is 25.0 Å². The Hall–Kier alpha value is -1.45. The van der Waals surface area contributed by atoms with Gasteiger partial charge >= 0.3 is 0 Å². The van der Waals surface area contributed by atoms with Gasteiger partial charge in [0.05, 0.1) is 5.75 Å². The lowest BCUT2D eigenvalue weighted by Gasteiger charge is -2.10. The van der Waals surface area contributed by atoms with Gasteiger partial charge < -0.3 is 0 Å². The maximum Gasteiger partial charge on any atom is 0.264 e. The maximum atomic E-state index is 12.2. The lowest BCUT2D eigenvalue weighted by molar-refractivity contribution is 0.478. The van der Waals surface area contributed by atoms with E-state index in [2.05, 4.69) is 9.97 Å². The second-order valence-electron chi connectivity index (χ2n) is 4.56. The van der Waals surface area contributed by atoms with Crippen LogP contribution in [-0.2, 0) is 16.7 Å². The highest BCUT2D eigenvalue weighted by Gasteiger charge is 2.11. The first kappa shape index (κ1) is 15.9. The summed E-state index contributed by atoms with van der Waals surface area (Å²) in [4.78, 5) is 20.7. The van der Waals surface area contributed by atoms with E-state index in [9.17, 15) is 13.2 Å². The lowest BCUT2D eigenvalue weighted by atomic mass is 10.2. The first-order valence-electron chi connectivity index (χ1n) is 6.18. The summed E-state index contributed by atoms with van der Waals surface area (Å²) in [6.07, 6.45) is 3.60. The Morgan fingerprint density at radius 2 is 2.14 bits per heavy atom. The van der Waals surface area contributed by atoms with Crippen molar-refractivity contribution in [3.05, 3.63) is 28.2 Å². The molecule has 2 aromatic rings. The Morgan fingerprint density at radius 1 is 1.43 bits per heavy atom. The fraction of sp³-hybridized carbons (Fsp3) is 0.417. The van der Waals surface area contributed by atoms with Crippen LogP contribution in [0.25, 0.3) is 11.0 Å². The van der Waals surface area contributed by atoms with E-state index < -0.39 is 15.9 Å². The topological polar surface area (TPSA) is 102 Å². The van der Waals surface area contributed by atoms with Crippen LogP contribution in [0.3, 0.4) is 0 Å². The molecular weight excluding hydrogens is 314 g/mol. The van der Waals surface area contributed by atoms with Crippen LogP contribution >= 0.6 is 11.8 Å². The molecule has 0 saturated carbocycles. The minimum atomic E-state index is -4.04. The van der Waals surface area contributed by atoms with E-state index in [1.807, 2.05) is 6.26 Å². The SMILES string of the molecule is CSc1ncc2cc(C)c(=O)n(CCCS(=O)(=O)O)c2n1. The number of thioether (sulfide) groups is 1. The molecule has 0 radical (unpaired) electrons. The molecule has 0 amide bonds. The summed E-state index contributed by atoms with van der Waals surface area (Å²) >= 11 is 1.36. The van der Waals surface area contributed by atoms with E-state index in [1.54, 1.807) is 19.2 Å². The van der Waals surface area contributed by atoms with Crippen LogP contribution in [0.15, 0.2) is 22.2 Å². The molecule has 0 aliphatic rings. The van der Waals surface area contributed by atoms with E-state index >= 15 is 0 Å². The van der Waals surface area contributed by atoms with Crippen molar-refractivity contribution >= 4 is 32.9 Å². The molecule has 2 rings (SSSR count). The zero-order valence-corrected chi connectivity index (χ0v) is 13.2. The molecule has 2 heterocycles. The van der Waals surface area contributed by atoms with Gasteiger partial charge in [-0.3, -0.25) is 13.9 Å². The van der Waals surface area contributed by atoms with E-state index in [1.165, 1.54) is 16.3 Å². The Morgan fingerprint density at radius 3 is 2.76 bits per heavy atom. The van der Waals surface area contributed by atoms with Gasteiger partial charge in [-0.25, -0.2) is 9.97 Å². The molecule has 7 nitrogen and oxygen atoms in total. The fourth-order valence-electron chi connectivity index (χ4n) is 2.00. The molecule has 0 aromatic carbocycles. The van der Waals surface area contributed by atoms with Gasteiger partial charge in [0.15, 0.2) is 5.16 Å². The van der Waals surface area contributed by atoms with Gasteiger partial charge in [-0.15, -0.1) is 0 Å². The first-order valence-corrected chi connectivity index (χ1v) is 9.01. The van der Waals surface area contributed by atoms with E-state index in [0.717, 1.165) is 5.39 Å². The molecule has 1 N–H and O–H groups in total. The van der Waals surface area contributed by atoms with E-state index in [0.29, 0.717) is 16.4 Å². The molecule has 0 saturated heterocycles. The zero-order chi connectivity index (χ0) is 15.6. The third-order valence-corrected chi connectivity index (χ3v) is 4.32. The van der Waals surface area contributed by atoms with Crippen LogP contribution in [0, 0.1) is 6.92 Å². The van der Waals surface area contributed by atoms with Crippen LogP contribution in [0.4, 0.5) is 0 Å². The Labute approximate surface area is 126 Å². The minimum absolute atomic E-state index is 0.135. The summed E-state index contributed by atoms with van der Waals surface area (Å²) in [5, 5.41) is 1.26. The average Bonchev–Trinajstić information content (AvgIpc) is 2.41. The third kappa shape index (κ3) is 3.80. The van der Waals surface area contributed by atoms with Crippen LogP contribution in [0.5, 0.6) is 0 Å². The second kappa shape index (κ2) is 6.12. The quantitative estimate of drug-likeness (QED) is 0.498. The monoisotopic (exact) mass is 329 g/mol. The van der Waals surface area contributed by atoms with Crippen molar-refractivity contribution in [2.75, 3.05) is 12.0 Å². The van der Waals surface area contributed by atoms with Crippen molar-refractivity contribution in [3.8, 4) is 0 Å². The third-order valence-electron chi connectivity index (χ3n) is 2.95. The van der Waals surface area contributed by atoms with Crippen molar-refractivity contribution in [2.24, 2.45) is 0 Å². The van der Waals surface area contributed by atoms with Crippen LogP contribution in [0.1, 0.15) is 12.0 Å². The normalized spacial score (nSPS) is 12.0. The van der Waals surface area contributed by atoms with Crippen molar-refractivity contribution in [1.82, 2.24) is 14.5 Å². The van der Waals surface area contributed by atoms with Gasteiger partial charge in [-0.2, -0.15) is 8.42 Å². The van der Waals surface area contributed by atoms with Crippen LogP contribution in [0.2, 0.25) is 0 Å². The lowest BCUT2D eigenvalue weighted by Crippen LogP contribution is -2.24. The molecule has 114 valence electrons. The number of aromatic nitrogens is 3. The number of hydrogen-bond donors (Lipinski definition) is 1. The standard InChI is InChI=1S/C12H15N3O4S2/c1-8-6-9-7-13-12(20-2)14-10(9)15(11(8)16)4-3-5-21(17,18)19/h6-7H,3-5H2,1-2H3,(H,17,18,19). The molecule has 2 aromatic heterocycles. The van der Waals surface area contributed by atoms with Crippen LogP contribution < -0.4 is 5.56 Å². The van der Waals surface area contributed by atoms with E-state index in [4.69, 9.17) is 4.55 Å². The molecule has 0 bridgehead atoms. The Bertz CT molecular complexity index is 830. The smallest absolute Gasteiger partial charge is 0.264 e. The summed E-state index contributed by atoms with van der Waals surface area (Å²) < 4.78 is 31.8. The predicted molar refractivity (Wildman–Crippen MR) is 81.3 cm³/mol. The molecule has 9 heteroatoms. The fourth-order valence-corrected chi connectivity index (χ4v) is 2.83. The summed E-state index contributed by atoms with van der Waals surface area (Å²) in [6, 6.07) is 1.71. The summed E-state index contributed by atoms with van der Waals surface area (Å²) in [5.41, 5.74) is 0.790. The predicted octanol–water partition coefficient (Wildman–Crippen LogP) is 1.10. The molecule has 0 aliphatic carbocycles. The first-order chi connectivity index (χ1) is 9.81. The number of fused-ring (bicyclic) bond motifs is 1. The number of rotatable bonds is 5. The number of hydrogen-bond acceptors (Lipinski definition) is 6. The van der Waals surface area contributed by atoms with Gasteiger partial charge in [-0.05, 0) is 25.7 Å². The Balaban J connectivity index is 2.48. The van der Waals surface area contributed by atoms with Crippen molar-refractivity contribution < 1.29 is 13.0 Å². The highest BCUT2D eigenvalue weighted by atomic mass is 32.2. The van der Waals surface area contributed by atoms with E-state index in [-0.39, 0.29) is 18.5 Å². The summed E-state index contributed by atoms with van der Waals surface area (Å²) in [6.45, 7) is 1.85. The zero-order valence-electron chi connectivity index (χ0n) is 11.6. The molecule has 0 aliphatic heterocycles. The number of nitrogens with zero attached hydrogens (tertiary/aromatic N) is 3. The minimum Gasteiger partial charge on any atom is -0.292 e. The van der Waals surface area contributed by atoms with Gasteiger partial charge in [0.25, 0.3) is 15.7 Å². The Kier molecular flexibility index (Phi) is 4.64. The summed E-state index contributed by atoms with van der Waals surface area (Å²) in [5.74, 6) is -0.394. The van der Waals surface area contributed by atoms with Crippen molar-refractivity contribution in [3.63, 3.8) is 0 Å². The van der Waals surface area contributed by atoms with Gasteiger partial charge in [0.1, 0.15) is 5.65 Å². The average molecular weight is 329 g/mol. The molecule has 0 spiro atoms.